The quantitative estimate of drug-likeness (QED) is 0.309. The monoisotopic (exact) mass is 613 g/mol. The third kappa shape index (κ3) is 5.16. The Labute approximate surface area is 245 Å². The molecule has 1 aliphatic rings. The third-order valence-electron chi connectivity index (χ3n) is 7.19. The van der Waals surface area contributed by atoms with Crippen LogP contribution in [-0.2, 0) is 14.6 Å². The highest BCUT2D eigenvalue weighted by Crippen LogP contribution is 2.35. The molecule has 2 aromatic heterocycles. The fraction of sp³-hybridized carbons (Fsp3) is 0.241. The number of carbonyl (C=O) groups is 1. The zero-order valence-electron chi connectivity index (χ0n) is 22.9. The van der Waals surface area contributed by atoms with Gasteiger partial charge in [0.1, 0.15) is 23.1 Å². The van der Waals surface area contributed by atoms with Gasteiger partial charge in [-0.1, -0.05) is 30.3 Å². The Morgan fingerprint density at radius 1 is 1.14 bits per heavy atom. The lowest BCUT2D eigenvalue weighted by atomic mass is 10.1. The van der Waals surface area contributed by atoms with Crippen LogP contribution in [0.2, 0.25) is 5.02 Å². The molecule has 3 heterocycles. The topological polar surface area (TPSA) is 105 Å². The number of halogens is 3. The van der Waals surface area contributed by atoms with E-state index in [4.69, 9.17) is 11.6 Å². The molecule has 5 rings (SSSR count). The number of carbonyl (C=O) groups excluding carboxylic acids is 1. The summed E-state index contributed by atoms with van der Waals surface area (Å²) in [5.74, 6) is -1.67. The molecule has 0 bridgehead atoms. The number of benzene rings is 2. The number of anilines is 1. The van der Waals surface area contributed by atoms with Crippen LogP contribution >= 0.6 is 11.6 Å². The van der Waals surface area contributed by atoms with E-state index in [9.17, 15) is 22.4 Å². The molecule has 1 amide bonds. The molecule has 0 saturated carbocycles. The van der Waals surface area contributed by atoms with E-state index in [2.05, 4.69) is 16.5 Å². The third-order valence-corrected chi connectivity index (χ3v) is 8.65. The number of sulfone groups is 1. The van der Waals surface area contributed by atoms with Gasteiger partial charge in [-0.2, -0.15) is 4.98 Å². The molecule has 0 N–H and O–H groups in total. The second kappa shape index (κ2) is 10.9. The Kier molecular flexibility index (Phi) is 7.62. The number of aromatic nitrogens is 3. The van der Waals surface area contributed by atoms with E-state index in [1.807, 2.05) is 6.92 Å². The van der Waals surface area contributed by atoms with Crippen molar-refractivity contribution in [1.82, 2.24) is 19.4 Å². The van der Waals surface area contributed by atoms with Crippen molar-refractivity contribution >= 4 is 44.2 Å². The number of aryl methyl sites for hydroxylation is 1. The van der Waals surface area contributed by atoms with Crippen molar-refractivity contribution in [3.63, 3.8) is 0 Å². The van der Waals surface area contributed by atoms with Gasteiger partial charge in [-0.25, -0.2) is 31.5 Å². The van der Waals surface area contributed by atoms with E-state index in [1.165, 1.54) is 18.2 Å². The minimum Gasteiger partial charge on any atom is -0.350 e. The first-order valence-electron chi connectivity index (χ1n) is 12.9. The normalized spacial score (nSPS) is 15.7. The first-order chi connectivity index (χ1) is 19.8. The maximum absolute atomic E-state index is 15.8. The molecule has 42 heavy (non-hydrogen) atoms. The Morgan fingerprint density at radius 2 is 1.88 bits per heavy atom. The van der Waals surface area contributed by atoms with Crippen LogP contribution in [0.5, 0.6) is 0 Å². The molecule has 9 nitrogen and oxygen atoms in total. The number of hydrogen-bond donors (Lipinski definition) is 0. The van der Waals surface area contributed by atoms with Crippen LogP contribution in [-0.4, -0.2) is 65.7 Å². The zero-order valence-corrected chi connectivity index (χ0v) is 24.5. The average molecular weight is 614 g/mol. The van der Waals surface area contributed by atoms with E-state index in [0.717, 1.165) is 29.0 Å². The van der Waals surface area contributed by atoms with E-state index in [-0.39, 0.29) is 62.2 Å². The van der Waals surface area contributed by atoms with Gasteiger partial charge in [-0.05, 0) is 55.8 Å². The number of amides is 1. The smallest absolute Gasteiger partial charge is 0.350 e. The molecule has 1 aliphatic heterocycles. The lowest BCUT2D eigenvalue weighted by molar-refractivity contribution is -0.126. The van der Waals surface area contributed by atoms with Crippen molar-refractivity contribution in [2.45, 2.75) is 24.8 Å². The van der Waals surface area contributed by atoms with Gasteiger partial charge in [0.15, 0.2) is 15.5 Å². The summed E-state index contributed by atoms with van der Waals surface area (Å²) in [7, 11) is -3.84. The van der Waals surface area contributed by atoms with Crippen LogP contribution in [0.25, 0.3) is 28.0 Å². The standard InChI is InChI=1S/C29H26ClF2N5O4S/c1-5-24(38)35-11-12-36(17(3)15-35)27-20-14-22(32)25(19-13-18(31)9-10-21(19)30)33-28(20)37(29(39)34-27)26-16(2)7-6-8-23(26)42(4,40)41/h5-10,13-14,17H,1,11-12,15H2,2-4H3/t17-/m0/s1. The summed E-state index contributed by atoms with van der Waals surface area (Å²) >= 11 is 6.29. The summed E-state index contributed by atoms with van der Waals surface area (Å²) < 4.78 is 56.7. The fourth-order valence-electron chi connectivity index (χ4n) is 5.21. The minimum atomic E-state index is -3.84. The summed E-state index contributed by atoms with van der Waals surface area (Å²) in [5, 5.41) is 0.135. The van der Waals surface area contributed by atoms with Crippen molar-refractivity contribution in [2.75, 3.05) is 30.8 Å². The number of fused-ring (bicyclic) bond motifs is 1. The predicted molar refractivity (Wildman–Crippen MR) is 157 cm³/mol. The van der Waals surface area contributed by atoms with Crippen LogP contribution in [0.4, 0.5) is 14.6 Å². The van der Waals surface area contributed by atoms with Gasteiger partial charge in [0.05, 0.1) is 21.0 Å². The van der Waals surface area contributed by atoms with Gasteiger partial charge in [-0.3, -0.25) is 4.79 Å². The predicted octanol–water partition coefficient (Wildman–Crippen LogP) is 4.31. The van der Waals surface area contributed by atoms with Crippen LogP contribution in [0, 0.1) is 18.6 Å². The van der Waals surface area contributed by atoms with Crippen LogP contribution in [0.15, 0.2) is 64.8 Å². The fourth-order valence-corrected chi connectivity index (χ4v) is 6.35. The SMILES string of the molecule is C=CC(=O)N1CCN(c2nc(=O)n(-c3c(C)cccc3S(C)(=O)=O)c3nc(-c4cc(F)ccc4Cl)c(F)cc23)[C@@H](C)C1. The molecule has 0 unspecified atom stereocenters. The zero-order chi connectivity index (χ0) is 30.5. The largest absolute Gasteiger partial charge is 0.355 e. The Balaban J connectivity index is 1.85. The van der Waals surface area contributed by atoms with Gasteiger partial charge in [0.25, 0.3) is 0 Å². The molecular formula is C29H26ClF2N5O4S. The van der Waals surface area contributed by atoms with Crippen LogP contribution in [0.3, 0.4) is 0 Å². The first-order valence-corrected chi connectivity index (χ1v) is 15.2. The number of hydrogen-bond acceptors (Lipinski definition) is 7. The summed E-state index contributed by atoms with van der Waals surface area (Å²) in [4.78, 5) is 38.1. The number of pyridine rings is 1. The summed E-state index contributed by atoms with van der Waals surface area (Å²) in [5.41, 5.74) is -0.898. The maximum Gasteiger partial charge on any atom is 0.355 e. The molecule has 2 aromatic carbocycles. The van der Waals surface area contributed by atoms with Crippen LogP contribution in [0.1, 0.15) is 12.5 Å². The molecular weight excluding hydrogens is 588 g/mol. The summed E-state index contributed by atoms with van der Waals surface area (Å²) in [6, 6.07) is 8.73. The number of nitrogens with zero attached hydrogens (tertiary/aromatic N) is 5. The second-order valence-electron chi connectivity index (χ2n) is 10.1. The molecule has 0 radical (unpaired) electrons. The maximum atomic E-state index is 15.8. The second-order valence-corrected chi connectivity index (χ2v) is 12.5. The number of piperazine rings is 1. The minimum absolute atomic E-state index is 0.0129. The van der Waals surface area contributed by atoms with Gasteiger partial charge >= 0.3 is 5.69 Å². The van der Waals surface area contributed by atoms with Crippen molar-refractivity contribution in [3.8, 4) is 16.9 Å². The van der Waals surface area contributed by atoms with Gasteiger partial charge in [0.2, 0.25) is 5.91 Å². The van der Waals surface area contributed by atoms with E-state index < -0.39 is 27.2 Å². The first kappa shape index (κ1) is 29.3. The molecule has 13 heteroatoms. The van der Waals surface area contributed by atoms with Crippen molar-refractivity contribution in [2.24, 2.45) is 0 Å². The van der Waals surface area contributed by atoms with Gasteiger partial charge in [-0.15, -0.1) is 0 Å². The Bertz CT molecular complexity index is 1950. The molecule has 1 fully saturated rings. The van der Waals surface area contributed by atoms with Crippen molar-refractivity contribution < 1.29 is 22.0 Å². The molecule has 0 spiro atoms. The molecule has 1 saturated heterocycles. The molecule has 1 atom stereocenters. The van der Waals surface area contributed by atoms with Crippen LogP contribution < -0.4 is 10.6 Å². The molecule has 0 aliphatic carbocycles. The van der Waals surface area contributed by atoms with Crippen molar-refractivity contribution in [1.29, 1.82) is 0 Å². The van der Waals surface area contributed by atoms with E-state index >= 15 is 4.39 Å². The number of para-hydroxylation sites is 1. The lowest BCUT2D eigenvalue weighted by Crippen LogP contribution is -2.54. The Hall–Kier alpha value is -4.16. The summed E-state index contributed by atoms with van der Waals surface area (Å²) in [6.45, 7) is 7.84. The van der Waals surface area contributed by atoms with Gasteiger partial charge in [0, 0.05) is 37.5 Å². The Morgan fingerprint density at radius 3 is 2.55 bits per heavy atom. The van der Waals surface area contributed by atoms with E-state index in [1.54, 1.807) is 28.9 Å². The number of rotatable bonds is 5. The molecule has 218 valence electrons. The van der Waals surface area contributed by atoms with Gasteiger partial charge < -0.3 is 9.80 Å². The molecule has 4 aromatic rings. The highest BCUT2D eigenvalue weighted by atomic mass is 35.5. The highest BCUT2D eigenvalue weighted by Gasteiger charge is 2.31. The highest BCUT2D eigenvalue weighted by molar-refractivity contribution is 7.90. The van der Waals surface area contributed by atoms with E-state index in [0.29, 0.717) is 18.7 Å². The summed E-state index contributed by atoms with van der Waals surface area (Å²) in [6.07, 6.45) is 2.23. The lowest BCUT2D eigenvalue weighted by Gasteiger charge is -2.40. The average Bonchev–Trinajstić information content (AvgIpc) is 2.93. The van der Waals surface area contributed by atoms with Crippen molar-refractivity contribution in [3.05, 3.63) is 87.8 Å².